The van der Waals surface area contributed by atoms with E-state index in [0.717, 1.165) is 17.4 Å². The summed E-state index contributed by atoms with van der Waals surface area (Å²) in [4.78, 5) is 12.9. The van der Waals surface area contributed by atoms with E-state index in [0.29, 0.717) is 11.3 Å². The zero-order valence-corrected chi connectivity index (χ0v) is 17.5. The lowest BCUT2D eigenvalue weighted by Gasteiger charge is -2.22. The van der Waals surface area contributed by atoms with Gasteiger partial charge in [-0.05, 0) is 35.4 Å². The number of hydrogen-bond acceptors (Lipinski definition) is 3. The largest absolute Gasteiger partial charge is 0.341 e. The highest BCUT2D eigenvalue weighted by molar-refractivity contribution is 7.92. The third kappa shape index (κ3) is 5.15. The second kappa shape index (κ2) is 9.41. The van der Waals surface area contributed by atoms with Crippen LogP contribution in [0, 0.1) is 0 Å². The van der Waals surface area contributed by atoms with Crippen molar-refractivity contribution in [3.8, 4) is 0 Å². The predicted octanol–water partition coefficient (Wildman–Crippen LogP) is 4.16. The molecule has 0 unspecified atom stereocenters. The minimum Gasteiger partial charge on any atom is -0.341 e. The van der Waals surface area contributed by atoms with Crippen LogP contribution >= 0.6 is 0 Å². The molecule has 0 aliphatic rings. The molecule has 3 aromatic carbocycles. The van der Waals surface area contributed by atoms with E-state index in [1.165, 1.54) is 10.4 Å². The SMILES string of the molecule is C=CCN(c1ccc(C(=O)NC(c2ccccc2)c2ccccc2)cc1)S(C)(=O)=O. The van der Waals surface area contributed by atoms with Crippen LogP contribution in [0.2, 0.25) is 0 Å². The Morgan fingerprint density at radius 1 is 0.933 bits per heavy atom. The highest BCUT2D eigenvalue weighted by atomic mass is 32.2. The number of rotatable bonds is 8. The van der Waals surface area contributed by atoms with Gasteiger partial charge in [-0.15, -0.1) is 6.58 Å². The Kier molecular flexibility index (Phi) is 6.69. The fraction of sp³-hybridized carbons (Fsp3) is 0.125. The molecule has 0 radical (unpaired) electrons. The average Bonchev–Trinajstić information content (AvgIpc) is 2.76. The lowest BCUT2D eigenvalue weighted by atomic mass is 9.98. The molecule has 1 amide bonds. The standard InChI is InChI=1S/C24H24N2O3S/c1-3-18-26(30(2,28)29)22-16-14-21(15-17-22)24(27)25-23(19-10-6-4-7-11-19)20-12-8-5-9-13-20/h3-17,23H,1,18H2,2H3,(H,25,27). The Morgan fingerprint density at radius 2 is 1.43 bits per heavy atom. The molecule has 0 saturated carbocycles. The zero-order valence-electron chi connectivity index (χ0n) is 16.7. The van der Waals surface area contributed by atoms with Gasteiger partial charge in [0.1, 0.15) is 0 Å². The quantitative estimate of drug-likeness (QED) is 0.557. The molecule has 30 heavy (non-hydrogen) atoms. The maximum Gasteiger partial charge on any atom is 0.252 e. The first kappa shape index (κ1) is 21.3. The zero-order chi connectivity index (χ0) is 21.6. The Balaban J connectivity index is 1.85. The van der Waals surface area contributed by atoms with Crippen molar-refractivity contribution in [1.82, 2.24) is 5.32 Å². The molecule has 0 aliphatic carbocycles. The molecule has 0 atom stereocenters. The van der Waals surface area contributed by atoms with Crippen LogP contribution in [0.5, 0.6) is 0 Å². The molecule has 5 nitrogen and oxygen atoms in total. The second-order valence-electron chi connectivity index (χ2n) is 6.86. The van der Waals surface area contributed by atoms with E-state index in [2.05, 4.69) is 11.9 Å². The minimum atomic E-state index is -3.44. The molecule has 0 fully saturated rings. The number of carbonyl (C=O) groups excluding carboxylic acids is 1. The number of sulfonamides is 1. The molecule has 0 heterocycles. The lowest BCUT2D eigenvalue weighted by Crippen LogP contribution is -2.30. The van der Waals surface area contributed by atoms with Crippen molar-refractivity contribution in [2.24, 2.45) is 0 Å². The van der Waals surface area contributed by atoms with Crippen molar-refractivity contribution in [1.29, 1.82) is 0 Å². The van der Waals surface area contributed by atoms with Gasteiger partial charge in [-0.2, -0.15) is 0 Å². The maximum absolute atomic E-state index is 12.9. The normalized spacial score (nSPS) is 11.1. The summed E-state index contributed by atoms with van der Waals surface area (Å²) in [5.41, 5.74) is 2.88. The fourth-order valence-corrected chi connectivity index (χ4v) is 4.07. The fourth-order valence-electron chi connectivity index (χ4n) is 3.19. The predicted molar refractivity (Wildman–Crippen MR) is 121 cm³/mol. The Bertz CT molecular complexity index is 1060. The van der Waals surface area contributed by atoms with Crippen LogP contribution < -0.4 is 9.62 Å². The first-order valence-corrected chi connectivity index (χ1v) is 11.3. The molecule has 0 spiro atoms. The summed E-state index contributed by atoms with van der Waals surface area (Å²) in [6.07, 6.45) is 2.66. The van der Waals surface area contributed by atoms with Crippen LogP contribution in [-0.4, -0.2) is 27.1 Å². The van der Waals surface area contributed by atoms with Crippen LogP contribution in [0.4, 0.5) is 5.69 Å². The van der Waals surface area contributed by atoms with Gasteiger partial charge in [0.2, 0.25) is 10.0 Å². The van der Waals surface area contributed by atoms with Gasteiger partial charge >= 0.3 is 0 Å². The van der Waals surface area contributed by atoms with Crippen molar-refractivity contribution in [2.45, 2.75) is 6.04 Å². The van der Waals surface area contributed by atoms with Gasteiger partial charge < -0.3 is 5.32 Å². The van der Waals surface area contributed by atoms with Crippen LogP contribution in [0.3, 0.4) is 0 Å². The number of amides is 1. The van der Waals surface area contributed by atoms with Crippen molar-refractivity contribution in [3.63, 3.8) is 0 Å². The molecule has 3 aromatic rings. The molecular weight excluding hydrogens is 396 g/mol. The van der Waals surface area contributed by atoms with Gasteiger partial charge in [0.25, 0.3) is 5.91 Å². The van der Waals surface area contributed by atoms with E-state index >= 15 is 0 Å². The molecule has 0 bridgehead atoms. The van der Waals surface area contributed by atoms with Crippen molar-refractivity contribution >= 4 is 21.6 Å². The van der Waals surface area contributed by atoms with Gasteiger partial charge in [0, 0.05) is 5.56 Å². The summed E-state index contributed by atoms with van der Waals surface area (Å²) in [6, 6.07) is 25.7. The minimum absolute atomic E-state index is 0.161. The Morgan fingerprint density at radius 3 is 1.87 bits per heavy atom. The van der Waals surface area contributed by atoms with E-state index in [9.17, 15) is 13.2 Å². The van der Waals surface area contributed by atoms with E-state index in [4.69, 9.17) is 0 Å². The van der Waals surface area contributed by atoms with Crippen LogP contribution in [0.1, 0.15) is 27.5 Å². The van der Waals surface area contributed by atoms with Gasteiger partial charge in [0.05, 0.1) is 24.5 Å². The maximum atomic E-state index is 12.9. The number of benzene rings is 3. The highest BCUT2D eigenvalue weighted by Gasteiger charge is 2.19. The lowest BCUT2D eigenvalue weighted by molar-refractivity contribution is 0.0943. The molecule has 3 rings (SSSR count). The number of nitrogens with one attached hydrogen (secondary N) is 1. The summed E-state index contributed by atoms with van der Waals surface area (Å²) in [6.45, 7) is 3.77. The molecule has 0 aliphatic heterocycles. The number of anilines is 1. The molecule has 154 valence electrons. The smallest absolute Gasteiger partial charge is 0.252 e. The Labute approximate surface area is 177 Å². The van der Waals surface area contributed by atoms with E-state index in [-0.39, 0.29) is 18.5 Å². The molecule has 6 heteroatoms. The van der Waals surface area contributed by atoms with Gasteiger partial charge in [-0.3, -0.25) is 9.10 Å². The van der Waals surface area contributed by atoms with Crippen molar-refractivity contribution in [3.05, 3.63) is 114 Å². The van der Waals surface area contributed by atoms with Crippen LogP contribution in [-0.2, 0) is 10.0 Å². The third-order valence-electron chi connectivity index (χ3n) is 4.65. The van der Waals surface area contributed by atoms with Crippen molar-refractivity contribution in [2.75, 3.05) is 17.1 Å². The molecule has 0 saturated heterocycles. The van der Waals surface area contributed by atoms with Gasteiger partial charge in [-0.1, -0.05) is 66.7 Å². The van der Waals surface area contributed by atoms with Gasteiger partial charge in [-0.25, -0.2) is 8.42 Å². The number of carbonyl (C=O) groups is 1. The van der Waals surface area contributed by atoms with Crippen LogP contribution in [0.15, 0.2) is 97.6 Å². The summed E-state index contributed by atoms with van der Waals surface area (Å²) in [5, 5.41) is 3.08. The Hall–Kier alpha value is -3.38. The van der Waals surface area contributed by atoms with E-state index in [1.54, 1.807) is 24.3 Å². The highest BCUT2D eigenvalue weighted by Crippen LogP contribution is 2.23. The van der Waals surface area contributed by atoms with E-state index in [1.807, 2.05) is 60.7 Å². The topological polar surface area (TPSA) is 66.5 Å². The summed E-state index contributed by atoms with van der Waals surface area (Å²) < 4.78 is 25.2. The second-order valence-corrected chi connectivity index (χ2v) is 8.76. The molecule has 0 aromatic heterocycles. The summed E-state index contributed by atoms with van der Waals surface area (Å²) in [7, 11) is -3.44. The third-order valence-corrected chi connectivity index (χ3v) is 5.81. The first-order valence-electron chi connectivity index (χ1n) is 9.49. The first-order chi connectivity index (χ1) is 14.4. The van der Waals surface area contributed by atoms with Crippen molar-refractivity contribution < 1.29 is 13.2 Å². The molecule has 1 N–H and O–H groups in total. The summed E-state index contributed by atoms with van der Waals surface area (Å²) in [5.74, 6) is -0.242. The molecular formula is C24H24N2O3S. The van der Waals surface area contributed by atoms with Crippen LogP contribution in [0.25, 0.3) is 0 Å². The summed E-state index contributed by atoms with van der Waals surface area (Å²) >= 11 is 0. The monoisotopic (exact) mass is 420 g/mol. The average molecular weight is 421 g/mol. The number of hydrogen-bond donors (Lipinski definition) is 1. The van der Waals surface area contributed by atoms with E-state index < -0.39 is 10.0 Å². The van der Waals surface area contributed by atoms with Gasteiger partial charge in [0.15, 0.2) is 0 Å². The number of nitrogens with zero attached hydrogens (tertiary/aromatic N) is 1.